The zero-order valence-corrected chi connectivity index (χ0v) is 11.0. The molecule has 0 saturated heterocycles. The average Bonchev–Trinajstić information content (AvgIpc) is 2.32. The van der Waals surface area contributed by atoms with Crippen molar-refractivity contribution in [3.8, 4) is 0 Å². The van der Waals surface area contributed by atoms with E-state index in [0.29, 0.717) is 5.92 Å². The van der Waals surface area contributed by atoms with Gasteiger partial charge in [-0.05, 0) is 50.4 Å². The van der Waals surface area contributed by atoms with Gasteiger partial charge in [-0.15, -0.1) is 0 Å². The molecule has 2 atom stereocenters. The highest BCUT2D eigenvalue weighted by Gasteiger charge is 2.30. The van der Waals surface area contributed by atoms with Gasteiger partial charge in [-0.1, -0.05) is 26.0 Å². The van der Waals surface area contributed by atoms with E-state index in [0.717, 1.165) is 31.6 Å². The Labute approximate surface area is 104 Å². The molecule has 0 aliphatic heterocycles. The number of ether oxygens (including phenoxy) is 1. The van der Waals surface area contributed by atoms with Crippen LogP contribution in [-0.2, 0) is 9.53 Å². The van der Waals surface area contributed by atoms with Gasteiger partial charge >= 0.3 is 5.97 Å². The Balaban J connectivity index is 1.82. The molecule has 2 aliphatic carbocycles. The smallest absolute Gasteiger partial charge is 0.309 e. The molecule has 0 aromatic heterocycles. The first-order valence-electron chi connectivity index (χ1n) is 7.02. The monoisotopic (exact) mass is 236 g/mol. The average molecular weight is 236 g/mol. The van der Waals surface area contributed by atoms with Crippen LogP contribution in [0, 0.1) is 17.8 Å². The summed E-state index contributed by atoms with van der Waals surface area (Å²) in [5.41, 5.74) is 0. The quantitative estimate of drug-likeness (QED) is 0.539. The first-order valence-corrected chi connectivity index (χ1v) is 7.02. The topological polar surface area (TPSA) is 26.3 Å². The first-order chi connectivity index (χ1) is 8.16. The second-order valence-electron chi connectivity index (χ2n) is 5.85. The van der Waals surface area contributed by atoms with Crippen molar-refractivity contribution < 1.29 is 9.53 Å². The minimum atomic E-state index is 0.0430. The highest BCUT2D eigenvalue weighted by molar-refractivity contribution is 5.73. The highest BCUT2D eigenvalue weighted by atomic mass is 16.5. The zero-order chi connectivity index (χ0) is 12.3. The second-order valence-corrected chi connectivity index (χ2v) is 5.85. The maximum absolute atomic E-state index is 12.1. The van der Waals surface area contributed by atoms with E-state index in [9.17, 15) is 4.79 Å². The molecule has 0 bridgehead atoms. The number of carbonyl (C=O) groups excluding carboxylic acids is 1. The summed E-state index contributed by atoms with van der Waals surface area (Å²) in [6.07, 6.45) is 10.9. The number of allylic oxidation sites excluding steroid dienone is 2. The number of rotatable bonds is 2. The molecule has 0 radical (unpaired) electrons. The van der Waals surface area contributed by atoms with Gasteiger partial charge in [0.2, 0.25) is 0 Å². The predicted octanol–water partition coefficient (Wildman–Crippen LogP) is 3.71. The Morgan fingerprint density at radius 2 is 1.71 bits per heavy atom. The third-order valence-corrected chi connectivity index (χ3v) is 4.30. The van der Waals surface area contributed by atoms with E-state index in [-0.39, 0.29) is 18.0 Å². The fourth-order valence-corrected chi connectivity index (χ4v) is 2.88. The summed E-state index contributed by atoms with van der Waals surface area (Å²) < 4.78 is 5.68. The summed E-state index contributed by atoms with van der Waals surface area (Å²) in [6.45, 7) is 4.43. The summed E-state index contributed by atoms with van der Waals surface area (Å²) in [5.74, 6) is 1.39. The maximum atomic E-state index is 12.1. The van der Waals surface area contributed by atoms with E-state index >= 15 is 0 Å². The molecule has 2 rings (SSSR count). The Morgan fingerprint density at radius 3 is 2.35 bits per heavy atom. The van der Waals surface area contributed by atoms with Gasteiger partial charge in [-0.3, -0.25) is 4.79 Å². The van der Waals surface area contributed by atoms with Crippen LogP contribution in [0.4, 0.5) is 0 Å². The van der Waals surface area contributed by atoms with Crippen LogP contribution in [0.15, 0.2) is 12.2 Å². The minimum Gasteiger partial charge on any atom is -0.462 e. The van der Waals surface area contributed by atoms with Crippen molar-refractivity contribution in [1.29, 1.82) is 0 Å². The van der Waals surface area contributed by atoms with Crippen molar-refractivity contribution in [3.05, 3.63) is 12.2 Å². The van der Waals surface area contributed by atoms with Gasteiger partial charge in [0, 0.05) is 0 Å². The Morgan fingerprint density at radius 1 is 1.06 bits per heavy atom. The lowest BCUT2D eigenvalue weighted by molar-refractivity contribution is -0.157. The summed E-state index contributed by atoms with van der Waals surface area (Å²) in [4.78, 5) is 12.1. The molecular formula is C15H24O2. The van der Waals surface area contributed by atoms with Crippen LogP contribution in [0.25, 0.3) is 0 Å². The van der Waals surface area contributed by atoms with E-state index < -0.39 is 0 Å². The van der Waals surface area contributed by atoms with Crippen molar-refractivity contribution in [3.63, 3.8) is 0 Å². The molecule has 0 unspecified atom stereocenters. The van der Waals surface area contributed by atoms with Crippen molar-refractivity contribution in [2.24, 2.45) is 17.8 Å². The SMILES string of the molecule is CC1CCC(OC(=O)[C@@H]2CC=CC[C@H]2C)CC1. The Hall–Kier alpha value is -0.790. The molecule has 0 amide bonds. The number of carbonyl (C=O) groups is 1. The molecule has 0 aromatic rings. The predicted molar refractivity (Wildman–Crippen MR) is 68.5 cm³/mol. The number of hydrogen-bond acceptors (Lipinski definition) is 2. The molecule has 2 heteroatoms. The molecule has 1 saturated carbocycles. The molecule has 0 aromatic carbocycles. The van der Waals surface area contributed by atoms with Crippen LogP contribution in [0.1, 0.15) is 52.4 Å². The standard InChI is InChI=1S/C15H24O2/c1-11-7-9-13(10-8-11)17-15(16)14-6-4-3-5-12(14)2/h3-4,11-14H,5-10H2,1-2H3/t11?,12-,13?,14-/m1/s1. The third kappa shape index (κ3) is 3.34. The van der Waals surface area contributed by atoms with Gasteiger partial charge < -0.3 is 4.74 Å². The summed E-state index contributed by atoms with van der Waals surface area (Å²) in [7, 11) is 0. The van der Waals surface area contributed by atoms with E-state index in [1.807, 2.05) is 0 Å². The Kier molecular flexibility index (Phi) is 4.25. The van der Waals surface area contributed by atoms with Crippen LogP contribution >= 0.6 is 0 Å². The van der Waals surface area contributed by atoms with Crippen molar-refractivity contribution in [2.45, 2.75) is 58.5 Å². The van der Waals surface area contributed by atoms with Crippen molar-refractivity contribution >= 4 is 5.97 Å². The number of esters is 1. The molecule has 2 aliphatic rings. The van der Waals surface area contributed by atoms with Gasteiger partial charge in [-0.25, -0.2) is 0 Å². The van der Waals surface area contributed by atoms with Gasteiger partial charge in [0.05, 0.1) is 5.92 Å². The van der Waals surface area contributed by atoms with Gasteiger partial charge in [0.15, 0.2) is 0 Å². The molecule has 0 heterocycles. The lowest BCUT2D eigenvalue weighted by Gasteiger charge is -2.29. The molecule has 2 nitrogen and oxygen atoms in total. The van der Waals surface area contributed by atoms with Crippen molar-refractivity contribution in [1.82, 2.24) is 0 Å². The first kappa shape index (κ1) is 12.7. The fraction of sp³-hybridized carbons (Fsp3) is 0.800. The third-order valence-electron chi connectivity index (χ3n) is 4.30. The molecule has 17 heavy (non-hydrogen) atoms. The largest absolute Gasteiger partial charge is 0.462 e. The molecule has 0 spiro atoms. The molecular weight excluding hydrogens is 212 g/mol. The van der Waals surface area contributed by atoms with Crippen LogP contribution < -0.4 is 0 Å². The van der Waals surface area contributed by atoms with Crippen LogP contribution in [-0.4, -0.2) is 12.1 Å². The van der Waals surface area contributed by atoms with Crippen LogP contribution in [0.2, 0.25) is 0 Å². The van der Waals surface area contributed by atoms with Gasteiger partial charge in [0.25, 0.3) is 0 Å². The number of hydrogen-bond donors (Lipinski definition) is 0. The van der Waals surface area contributed by atoms with E-state index in [1.165, 1.54) is 12.8 Å². The molecule has 96 valence electrons. The minimum absolute atomic E-state index is 0.0430. The van der Waals surface area contributed by atoms with Gasteiger partial charge in [-0.2, -0.15) is 0 Å². The van der Waals surface area contributed by atoms with E-state index in [4.69, 9.17) is 4.74 Å². The van der Waals surface area contributed by atoms with Crippen LogP contribution in [0.5, 0.6) is 0 Å². The Bertz CT molecular complexity index is 287. The second kappa shape index (κ2) is 5.70. The lowest BCUT2D eigenvalue weighted by Crippen LogP contribution is -2.31. The summed E-state index contributed by atoms with van der Waals surface area (Å²) >= 11 is 0. The van der Waals surface area contributed by atoms with E-state index in [1.54, 1.807) is 0 Å². The fourth-order valence-electron chi connectivity index (χ4n) is 2.88. The van der Waals surface area contributed by atoms with Crippen LogP contribution in [0.3, 0.4) is 0 Å². The van der Waals surface area contributed by atoms with Gasteiger partial charge in [0.1, 0.15) is 6.10 Å². The molecule has 0 N–H and O–H groups in total. The van der Waals surface area contributed by atoms with Crippen molar-refractivity contribution in [2.75, 3.05) is 0 Å². The zero-order valence-electron chi connectivity index (χ0n) is 11.0. The lowest BCUT2D eigenvalue weighted by atomic mass is 9.84. The normalized spacial score (nSPS) is 37.8. The summed E-state index contributed by atoms with van der Waals surface area (Å²) in [6, 6.07) is 0. The molecule has 1 fully saturated rings. The summed E-state index contributed by atoms with van der Waals surface area (Å²) in [5, 5.41) is 0. The van der Waals surface area contributed by atoms with E-state index in [2.05, 4.69) is 26.0 Å². The maximum Gasteiger partial charge on any atom is 0.309 e. The highest BCUT2D eigenvalue weighted by Crippen LogP contribution is 2.30.